The Labute approximate surface area is 136 Å². The third-order valence-electron chi connectivity index (χ3n) is 3.03. The highest BCUT2D eigenvalue weighted by molar-refractivity contribution is 6.30. The van der Waals surface area contributed by atoms with Gasteiger partial charge in [0.2, 0.25) is 5.82 Å². The first-order valence-corrected chi connectivity index (χ1v) is 7.04. The van der Waals surface area contributed by atoms with Gasteiger partial charge in [0.1, 0.15) is 5.75 Å². The molecule has 0 saturated carbocycles. The number of aromatic carboxylic acids is 1. The summed E-state index contributed by atoms with van der Waals surface area (Å²) < 4.78 is 10.7. The monoisotopic (exact) mass is 330 g/mol. The molecule has 0 fully saturated rings. The number of carbonyl (C=O) groups is 1. The van der Waals surface area contributed by atoms with Gasteiger partial charge in [-0.15, -0.1) is 0 Å². The molecule has 0 spiro atoms. The first-order chi connectivity index (χ1) is 11.1. The fourth-order valence-corrected chi connectivity index (χ4v) is 1.99. The molecular formula is C16H11ClN2O4. The predicted octanol–water partition coefficient (Wildman–Crippen LogP) is 3.67. The van der Waals surface area contributed by atoms with Crippen molar-refractivity contribution in [2.24, 2.45) is 0 Å². The normalized spacial score (nSPS) is 10.5. The lowest BCUT2D eigenvalue weighted by molar-refractivity contribution is 0.0697. The third-order valence-corrected chi connectivity index (χ3v) is 3.28. The summed E-state index contributed by atoms with van der Waals surface area (Å²) in [5.41, 5.74) is 0.959. The van der Waals surface area contributed by atoms with Gasteiger partial charge in [0.15, 0.2) is 6.61 Å². The Morgan fingerprint density at radius 1 is 1.13 bits per heavy atom. The first-order valence-electron chi connectivity index (χ1n) is 6.66. The quantitative estimate of drug-likeness (QED) is 0.768. The molecule has 7 heteroatoms. The highest BCUT2D eigenvalue weighted by Crippen LogP contribution is 2.20. The minimum absolute atomic E-state index is 0.115. The fraction of sp³-hybridized carbons (Fsp3) is 0.0625. The molecule has 0 aliphatic heterocycles. The van der Waals surface area contributed by atoms with Crippen LogP contribution in [0.2, 0.25) is 5.02 Å². The largest absolute Gasteiger partial charge is 0.485 e. The Kier molecular flexibility index (Phi) is 4.25. The molecule has 0 saturated heterocycles. The van der Waals surface area contributed by atoms with Gasteiger partial charge in [-0.25, -0.2) is 4.79 Å². The van der Waals surface area contributed by atoms with E-state index in [1.54, 1.807) is 36.4 Å². The van der Waals surface area contributed by atoms with Crippen molar-refractivity contribution in [1.82, 2.24) is 10.1 Å². The topological polar surface area (TPSA) is 85.5 Å². The van der Waals surface area contributed by atoms with Crippen molar-refractivity contribution in [3.63, 3.8) is 0 Å². The number of carboxylic acid groups (broad SMARTS) is 1. The van der Waals surface area contributed by atoms with Crippen LogP contribution in [0.25, 0.3) is 11.5 Å². The summed E-state index contributed by atoms with van der Waals surface area (Å²) in [5, 5.41) is 13.3. The zero-order valence-electron chi connectivity index (χ0n) is 11.8. The van der Waals surface area contributed by atoms with Crippen LogP contribution >= 0.6 is 11.6 Å². The predicted molar refractivity (Wildman–Crippen MR) is 82.5 cm³/mol. The molecule has 0 radical (unpaired) electrons. The van der Waals surface area contributed by atoms with Gasteiger partial charge in [-0.05, 0) is 48.5 Å². The van der Waals surface area contributed by atoms with Crippen molar-refractivity contribution in [3.05, 3.63) is 64.9 Å². The van der Waals surface area contributed by atoms with Gasteiger partial charge >= 0.3 is 5.97 Å². The van der Waals surface area contributed by atoms with Crippen LogP contribution in [0.4, 0.5) is 0 Å². The van der Waals surface area contributed by atoms with E-state index in [0.717, 1.165) is 5.56 Å². The summed E-state index contributed by atoms with van der Waals surface area (Å²) in [6, 6.07) is 13.1. The molecule has 0 atom stereocenters. The Hall–Kier alpha value is -2.86. The molecule has 6 nitrogen and oxygen atoms in total. The van der Waals surface area contributed by atoms with Crippen LogP contribution in [-0.2, 0) is 6.61 Å². The average molecular weight is 331 g/mol. The molecule has 0 bridgehead atoms. The van der Waals surface area contributed by atoms with Crippen LogP contribution in [0, 0.1) is 0 Å². The number of rotatable bonds is 5. The molecule has 116 valence electrons. The van der Waals surface area contributed by atoms with Gasteiger partial charge in [-0.1, -0.05) is 16.8 Å². The second-order valence-corrected chi connectivity index (χ2v) is 5.08. The van der Waals surface area contributed by atoms with E-state index in [4.69, 9.17) is 26.0 Å². The summed E-state index contributed by atoms with van der Waals surface area (Å²) >= 11 is 5.83. The van der Waals surface area contributed by atoms with Crippen molar-refractivity contribution >= 4 is 17.6 Å². The Bertz CT molecular complexity index is 813. The van der Waals surface area contributed by atoms with Crippen LogP contribution in [-0.4, -0.2) is 21.2 Å². The van der Waals surface area contributed by atoms with E-state index >= 15 is 0 Å². The lowest BCUT2D eigenvalue weighted by atomic mass is 10.2. The lowest BCUT2D eigenvalue weighted by Crippen LogP contribution is -1.99. The number of carboxylic acids is 1. The van der Waals surface area contributed by atoms with E-state index in [9.17, 15) is 4.79 Å². The van der Waals surface area contributed by atoms with Gasteiger partial charge in [0.05, 0.1) is 5.56 Å². The van der Waals surface area contributed by atoms with Gasteiger partial charge in [0, 0.05) is 10.6 Å². The maximum atomic E-state index is 10.8. The minimum Gasteiger partial charge on any atom is -0.485 e. The molecule has 0 aliphatic carbocycles. The molecule has 3 aromatic rings. The second-order valence-electron chi connectivity index (χ2n) is 4.64. The number of halogens is 1. The summed E-state index contributed by atoms with van der Waals surface area (Å²) in [5.74, 6) is 0.300. The molecule has 1 N–H and O–H groups in total. The zero-order chi connectivity index (χ0) is 16.2. The molecule has 3 rings (SSSR count). The van der Waals surface area contributed by atoms with Crippen LogP contribution in [0.15, 0.2) is 53.1 Å². The minimum atomic E-state index is -0.984. The Balaban J connectivity index is 1.65. The van der Waals surface area contributed by atoms with Crippen molar-refractivity contribution < 1.29 is 19.2 Å². The Morgan fingerprint density at radius 2 is 1.83 bits per heavy atom. The van der Waals surface area contributed by atoms with E-state index in [-0.39, 0.29) is 12.2 Å². The SMILES string of the molecule is O=C(O)c1ccc(OCc2noc(-c3ccc(Cl)cc3)n2)cc1. The van der Waals surface area contributed by atoms with E-state index in [1.807, 2.05) is 0 Å². The van der Waals surface area contributed by atoms with Crippen LogP contribution < -0.4 is 4.74 Å². The summed E-state index contributed by atoms with van der Waals surface area (Å²) in [6.07, 6.45) is 0. The fourth-order valence-electron chi connectivity index (χ4n) is 1.86. The van der Waals surface area contributed by atoms with Crippen molar-refractivity contribution in [3.8, 4) is 17.2 Å². The van der Waals surface area contributed by atoms with E-state index < -0.39 is 5.97 Å². The molecule has 2 aromatic carbocycles. The zero-order valence-corrected chi connectivity index (χ0v) is 12.5. The molecule has 1 heterocycles. The van der Waals surface area contributed by atoms with Crippen molar-refractivity contribution in [2.45, 2.75) is 6.61 Å². The summed E-state index contributed by atoms with van der Waals surface area (Å²) in [4.78, 5) is 15.0. The van der Waals surface area contributed by atoms with Gasteiger partial charge < -0.3 is 14.4 Å². The highest BCUT2D eigenvalue weighted by atomic mass is 35.5. The second kappa shape index (κ2) is 6.50. The van der Waals surface area contributed by atoms with Crippen LogP contribution in [0.3, 0.4) is 0 Å². The number of hydrogen-bond donors (Lipinski definition) is 1. The first kappa shape index (κ1) is 15.1. The highest BCUT2D eigenvalue weighted by Gasteiger charge is 2.09. The number of hydrogen-bond acceptors (Lipinski definition) is 5. The Morgan fingerprint density at radius 3 is 2.48 bits per heavy atom. The standard InChI is InChI=1S/C16H11ClN2O4/c17-12-5-1-10(2-6-12)15-18-14(19-23-15)9-22-13-7-3-11(4-8-13)16(20)21/h1-8H,9H2,(H,20,21). The number of nitrogens with zero attached hydrogens (tertiary/aromatic N) is 2. The van der Waals surface area contributed by atoms with Crippen LogP contribution in [0.5, 0.6) is 5.75 Å². The number of benzene rings is 2. The van der Waals surface area contributed by atoms with Crippen LogP contribution in [0.1, 0.15) is 16.2 Å². The van der Waals surface area contributed by atoms with E-state index in [2.05, 4.69) is 10.1 Å². The molecule has 0 aliphatic rings. The molecular weight excluding hydrogens is 320 g/mol. The summed E-state index contributed by atoms with van der Waals surface area (Å²) in [6.45, 7) is 0.115. The summed E-state index contributed by atoms with van der Waals surface area (Å²) in [7, 11) is 0. The molecule has 23 heavy (non-hydrogen) atoms. The van der Waals surface area contributed by atoms with Gasteiger partial charge in [0.25, 0.3) is 5.89 Å². The smallest absolute Gasteiger partial charge is 0.335 e. The van der Waals surface area contributed by atoms with E-state index in [0.29, 0.717) is 22.5 Å². The molecule has 1 aromatic heterocycles. The van der Waals surface area contributed by atoms with Gasteiger partial charge in [-0.3, -0.25) is 0 Å². The molecule has 0 amide bonds. The molecule has 0 unspecified atom stereocenters. The third kappa shape index (κ3) is 3.67. The van der Waals surface area contributed by atoms with Gasteiger partial charge in [-0.2, -0.15) is 4.98 Å². The van der Waals surface area contributed by atoms with Crippen molar-refractivity contribution in [1.29, 1.82) is 0 Å². The number of aromatic nitrogens is 2. The lowest BCUT2D eigenvalue weighted by Gasteiger charge is -2.03. The van der Waals surface area contributed by atoms with Crippen molar-refractivity contribution in [2.75, 3.05) is 0 Å². The number of ether oxygens (including phenoxy) is 1. The van der Waals surface area contributed by atoms with E-state index in [1.165, 1.54) is 12.1 Å². The maximum Gasteiger partial charge on any atom is 0.335 e. The maximum absolute atomic E-state index is 10.8. The average Bonchev–Trinajstić information content (AvgIpc) is 3.03.